The van der Waals surface area contributed by atoms with E-state index in [-0.39, 0.29) is 5.75 Å². The Bertz CT molecular complexity index is 981. The van der Waals surface area contributed by atoms with Crippen molar-refractivity contribution in [3.63, 3.8) is 0 Å². The van der Waals surface area contributed by atoms with Crippen LogP contribution < -0.4 is 9.64 Å². The van der Waals surface area contributed by atoms with E-state index in [4.69, 9.17) is 0 Å². The Morgan fingerprint density at radius 2 is 1.67 bits per heavy atom. The molecule has 30 heavy (non-hydrogen) atoms. The van der Waals surface area contributed by atoms with Crippen LogP contribution in [0.4, 0.5) is 19.0 Å². The molecule has 1 aliphatic rings. The van der Waals surface area contributed by atoms with Gasteiger partial charge in [0.05, 0.1) is 5.69 Å². The van der Waals surface area contributed by atoms with Crippen molar-refractivity contribution in [2.45, 2.75) is 19.8 Å². The van der Waals surface area contributed by atoms with E-state index in [9.17, 15) is 13.2 Å². The molecule has 158 valence electrons. The lowest BCUT2D eigenvalue weighted by Gasteiger charge is -2.35. The number of hydrogen-bond donors (Lipinski definition) is 0. The van der Waals surface area contributed by atoms with Crippen molar-refractivity contribution in [3.05, 3.63) is 60.2 Å². The topological polar surface area (TPSA) is 59.3 Å². The van der Waals surface area contributed by atoms with E-state index >= 15 is 0 Å². The summed E-state index contributed by atoms with van der Waals surface area (Å²) in [5.74, 6) is 1.36. The summed E-state index contributed by atoms with van der Waals surface area (Å²) in [4.78, 5) is 13.1. The van der Waals surface area contributed by atoms with E-state index in [0.29, 0.717) is 6.54 Å². The van der Waals surface area contributed by atoms with Gasteiger partial charge in [-0.15, -0.1) is 13.2 Å². The molecule has 1 fully saturated rings. The number of aryl methyl sites for hydroxylation is 1. The normalized spacial score (nSPS) is 15.4. The maximum atomic E-state index is 12.3. The molecule has 0 atom stereocenters. The lowest BCUT2D eigenvalue weighted by atomic mass is 10.2. The van der Waals surface area contributed by atoms with Crippen LogP contribution in [0, 0.1) is 6.92 Å². The molecule has 3 heterocycles. The van der Waals surface area contributed by atoms with Crippen molar-refractivity contribution in [3.8, 4) is 11.6 Å². The van der Waals surface area contributed by atoms with Gasteiger partial charge >= 0.3 is 6.36 Å². The molecule has 0 amide bonds. The second kappa shape index (κ2) is 8.31. The zero-order valence-corrected chi connectivity index (χ0v) is 16.4. The fourth-order valence-electron chi connectivity index (χ4n) is 3.37. The molecule has 10 heteroatoms. The predicted octanol–water partition coefficient (Wildman–Crippen LogP) is 3.19. The van der Waals surface area contributed by atoms with Crippen LogP contribution in [0.5, 0.6) is 5.75 Å². The van der Waals surface area contributed by atoms with Crippen LogP contribution >= 0.6 is 0 Å². The van der Waals surface area contributed by atoms with Crippen molar-refractivity contribution in [2.75, 3.05) is 31.1 Å². The van der Waals surface area contributed by atoms with Gasteiger partial charge in [-0.2, -0.15) is 5.10 Å². The van der Waals surface area contributed by atoms with E-state index in [1.807, 2.05) is 25.3 Å². The largest absolute Gasteiger partial charge is 0.573 e. The maximum absolute atomic E-state index is 12.3. The van der Waals surface area contributed by atoms with Gasteiger partial charge in [-0.25, -0.2) is 14.6 Å². The van der Waals surface area contributed by atoms with Crippen molar-refractivity contribution < 1.29 is 17.9 Å². The Labute approximate surface area is 171 Å². The summed E-state index contributed by atoms with van der Waals surface area (Å²) >= 11 is 0. The minimum absolute atomic E-state index is 0.206. The van der Waals surface area contributed by atoms with Crippen molar-refractivity contribution in [1.29, 1.82) is 0 Å². The fraction of sp³-hybridized carbons (Fsp3) is 0.350. The van der Waals surface area contributed by atoms with Gasteiger partial charge in [0.2, 0.25) is 0 Å². The first-order chi connectivity index (χ1) is 14.4. The van der Waals surface area contributed by atoms with Crippen molar-refractivity contribution in [2.24, 2.45) is 0 Å². The third-order valence-corrected chi connectivity index (χ3v) is 4.85. The van der Waals surface area contributed by atoms with Crippen molar-refractivity contribution in [1.82, 2.24) is 24.6 Å². The fourth-order valence-corrected chi connectivity index (χ4v) is 3.37. The van der Waals surface area contributed by atoms with Crippen LogP contribution in [0.3, 0.4) is 0 Å². The van der Waals surface area contributed by atoms with Crippen LogP contribution in [0.1, 0.15) is 11.3 Å². The summed E-state index contributed by atoms with van der Waals surface area (Å²) in [6.45, 7) is 5.83. The summed E-state index contributed by atoms with van der Waals surface area (Å²) < 4.78 is 42.4. The van der Waals surface area contributed by atoms with E-state index in [2.05, 4.69) is 29.6 Å². The number of halogens is 3. The highest BCUT2D eigenvalue weighted by Crippen LogP contribution is 2.23. The number of ether oxygens (including phenoxy) is 1. The molecule has 4 rings (SSSR count). The highest BCUT2D eigenvalue weighted by atomic mass is 19.4. The molecule has 2 aromatic heterocycles. The molecule has 0 spiro atoms. The Hall–Kier alpha value is -3.14. The molecule has 1 aromatic carbocycles. The van der Waals surface area contributed by atoms with Gasteiger partial charge in [0.25, 0.3) is 0 Å². The molecule has 1 aliphatic heterocycles. The molecular weight excluding hydrogens is 397 g/mol. The van der Waals surface area contributed by atoms with Gasteiger partial charge in [-0.05, 0) is 30.7 Å². The zero-order chi connectivity index (χ0) is 21.1. The second-order valence-corrected chi connectivity index (χ2v) is 7.09. The van der Waals surface area contributed by atoms with Gasteiger partial charge in [-0.1, -0.05) is 12.1 Å². The number of rotatable bonds is 5. The van der Waals surface area contributed by atoms with E-state index in [1.165, 1.54) is 12.1 Å². The Morgan fingerprint density at radius 1 is 0.967 bits per heavy atom. The quantitative estimate of drug-likeness (QED) is 0.634. The number of anilines is 1. The summed E-state index contributed by atoms with van der Waals surface area (Å²) in [5.41, 5.74) is 1.86. The molecule has 0 radical (unpaired) electrons. The summed E-state index contributed by atoms with van der Waals surface area (Å²) in [6, 6.07) is 9.85. The van der Waals surface area contributed by atoms with E-state index in [0.717, 1.165) is 49.1 Å². The summed E-state index contributed by atoms with van der Waals surface area (Å²) in [6.07, 6.45) is -1.27. The third kappa shape index (κ3) is 5.07. The molecule has 1 saturated heterocycles. The minimum atomic E-state index is -4.67. The van der Waals surface area contributed by atoms with Gasteiger partial charge < -0.3 is 9.64 Å². The van der Waals surface area contributed by atoms with Gasteiger partial charge in [0, 0.05) is 45.0 Å². The molecule has 0 bridgehead atoms. The molecule has 0 unspecified atom stereocenters. The summed E-state index contributed by atoms with van der Waals surface area (Å²) in [7, 11) is 0. The average molecular weight is 418 g/mol. The van der Waals surface area contributed by atoms with Crippen LogP contribution in [-0.2, 0) is 6.54 Å². The highest BCUT2D eigenvalue weighted by Gasteiger charge is 2.31. The minimum Gasteiger partial charge on any atom is -0.406 e. The lowest BCUT2D eigenvalue weighted by Crippen LogP contribution is -2.46. The lowest BCUT2D eigenvalue weighted by molar-refractivity contribution is -0.274. The highest BCUT2D eigenvalue weighted by molar-refractivity contribution is 5.43. The first kappa shape index (κ1) is 20.1. The van der Waals surface area contributed by atoms with E-state index < -0.39 is 6.36 Å². The predicted molar refractivity (Wildman–Crippen MR) is 105 cm³/mol. The van der Waals surface area contributed by atoms with Crippen LogP contribution in [-0.4, -0.2) is 57.2 Å². The van der Waals surface area contributed by atoms with Gasteiger partial charge in [0.15, 0.2) is 5.82 Å². The Kier molecular flexibility index (Phi) is 5.58. The molecule has 3 aromatic rings. The smallest absolute Gasteiger partial charge is 0.406 e. The van der Waals surface area contributed by atoms with Crippen molar-refractivity contribution >= 4 is 5.82 Å². The van der Waals surface area contributed by atoms with Crippen LogP contribution in [0.25, 0.3) is 5.82 Å². The number of nitrogens with zero attached hydrogens (tertiary/aromatic N) is 6. The third-order valence-electron chi connectivity index (χ3n) is 4.85. The SMILES string of the molecule is Cc1ccn(-c2cc(N3CCN(Cc4ccc(OC(F)(F)F)cc4)CC3)ncn2)n1. The first-order valence-corrected chi connectivity index (χ1v) is 9.52. The van der Waals surface area contributed by atoms with Gasteiger partial charge in [-0.3, -0.25) is 4.90 Å². The number of hydrogen-bond acceptors (Lipinski definition) is 6. The maximum Gasteiger partial charge on any atom is 0.573 e. The average Bonchev–Trinajstić information content (AvgIpc) is 3.16. The number of aromatic nitrogens is 4. The summed E-state index contributed by atoms with van der Waals surface area (Å²) in [5, 5.41) is 4.38. The molecular formula is C20H21F3N6O. The van der Waals surface area contributed by atoms with Crippen LogP contribution in [0.2, 0.25) is 0 Å². The zero-order valence-electron chi connectivity index (χ0n) is 16.4. The van der Waals surface area contributed by atoms with Gasteiger partial charge in [0.1, 0.15) is 17.9 Å². The Balaban J connectivity index is 1.33. The Morgan fingerprint density at radius 3 is 2.30 bits per heavy atom. The first-order valence-electron chi connectivity index (χ1n) is 9.52. The van der Waals surface area contributed by atoms with E-state index in [1.54, 1.807) is 23.1 Å². The number of alkyl halides is 3. The number of piperazine rings is 1. The molecule has 0 aliphatic carbocycles. The van der Waals surface area contributed by atoms with Crippen LogP contribution in [0.15, 0.2) is 48.9 Å². The molecule has 0 N–H and O–H groups in total. The monoisotopic (exact) mass is 418 g/mol. The molecule has 0 saturated carbocycles. The number of benzene rings is 1. The molecule has 7 nitrogen and oxygen atoms in total. The second-order valence-electron chi connectivity index (χ2n) is 7.09. The standard InChI is InChI=1S/C20H21F3N6O/c1-15-6-7-29(26-15)19-12-18(24-14-25-19)28-10-8-27(9-11-28)13-16-2-4-17(5-3-16)30-20(21,22)23/h2-7,12,14H,8-11,13H2,1H3.